The highest BCUT2D eigenvalue weighted by Gasteiger charge is 2.20. The van der Waals surface area contributed by atoms with Crippen LogP contribution in [0.3, 0.4) is 0 Å². The quantitative estimate of drug-likeness (QED) is 0.527. The van der Waals surface area contributed by atoms with E-state index in [9.17, 15) is 19.2 Å². The number of rotatable bonds is 9. The van der Waals surface area contributed by atoms with Crippen LogP contribution in [-0.2, 0) is 14.3 Å². The molecule has 0 radical (unpaired) electrons. The molecule has 0 unspecified atom stereocenters. The topological polar surface area (TPSA) is 127 Å². The number of carbonyl (C=O) groups excluding carboxylic acids is 4. The highest BCUT2D eigenvalue weighted by Crippen LogP contribution is 2.20. The first-order valence-electron chi connectivity index (χ1n) is 10.2. The second-order valence-electron chi connectivity index (χ2n) is 7.19. The molecule has 1 aliphatic carbocycles. The van der Waals surface area contributed by atoms with E-state index in [1.165, 1.54) is 12.3 Å². The van der Waals surface area contributed by atoms with Gasteiger partial charge in [-0.1, -0.05) is 25.0 Å². The van der Waals surface area contributed by atoms with E-state index in [1.54, 1.807) is 30.3 Å². The predicted octanol–water partition coefficient (Wildman–Crippen LogP) is 2.25. The van der Waals surface area contributed by atoms with Crippen LogP contribution in [0.1, 0.15) is 53.0 Å². The lowest BCUT2D eigenvalue weighted by atomic mass is 10.1. The molecular formula is C22H25N3O6. The number of ether oxygens (including phenoxy) is 1. The molecule has 2 aromatic rings. The lowest BCUT2D eigenvalue weighted by molar-refractivity contribution is -0.147. The molecule has 9 heteroatoms. The summed E-state index contributed by atoms with van der Waals surface area (Å²) in [5, 5.41) is 8.10. The molecular weight excluding hydrogens is 402 g/mol. The van der Waals surface area contributed by atoms with Gasteiger partial charge in [-0.05, 0) is 37.1 Å². The first-order valence-corrected chi connectivity index (χ1v) is 10.2. The van der Waals surface area contributed by atoms with Crippen LogP contribution in [0.25, 0.3) is 0 Å². The van der Waals surface area contributed by atoms with Gasteiger partial charge in [-0.3, -0.25) is 19.2 Å². The second kappa shape index (κ2) is 11.0. The average Bonchev–Trinajstić information content (AvgIpc) is 3.47. The maximum Gasteiger partial charge on any atom is 0.308 e. The number of furan rings is 1. The largest absolute Gasteiger partial charge is 0.459 e. The molecule has 1 aromatic carbocycles. The molecule has 3 amide bonds. The number of carbonyl (C=O) groups is 4. The minimum atomic E-state index is -0.637. The highest BCUT2D eigenvalue weighted by atomic mass is 16.5. The van der Waals surface area contributed by atoms with Crippen molar-refractivity contribution in [3.05, 3.63) is 54.0 Å². The lowest BCUT2D eigenvalue weighted by Crippen LogP contribution is -2.33. The van der Waals surface area contributed by atoms with Crippen molar-refractivity contribution in [2.75, 3.05) is 18.5 Å². The molecule has 1 heterocycles. The Morgan fingerprint density at radius 3 is 2.52 bits per heavy atom. The summed E-state index contributed by atoms with van der Waals surface area (Å²) < 4.78 is 9.87. The number of amides is 3. The van der Waals surface area contributed by atoms with Crippen molar-refractivity contribution in [2.24, 2.45) is 0 Å². The average molecular weight is 427 g/mol. The van der Waals surface area contributed by atoms with E-state index in [-0.39, 0.29) is 30.7 Å². The van der Waals surface area contributed by atoms with Crippen LogP contribution in [0.2, 0.25) is 0 Å². The Labute approximate surface area is 179 Å². The number of benzene rings is 1. The zero-order chi connectivity index (χ0) is 22.1. The van der Waals surface area contributed by atoms with Gasteiger partial charge in [0.2, 0.25) is 0 Å². The molecule has 0 atom stereocenters. The van der Waals surface area contributed by atoms with Crippen LogP contribution in [0.4, 0.5) is 5.69 Å². The van der Waals surface area contributed by atoms with Crippen molar-refractivity contribution in [2.45, 2.75) is 38.1 Å². The summed E-state index contributed by atoms with van der Waals surface area (Å²) in [5.74, 6) is -1.74. The van der Waals surface area contributed by atoms with Gasteiger partial charge in [0, 0.05) is 12.6 Å². The van der Waals surface area contributed by atoms with Crippen LogP contribution >= 0.6 is 0 Å². The number of para-hydroxylation sites is 1. The Balaban J connectivity index is 1.41. The van der Waals surface area contributed by atoms with Gasteiger partial charge in [0.05, 0.1) is 23.9 Å². The van der Waals surface area contributed by atoms with Crippen molar-refractivity contribution in [1.29, 1.82) is 0 Å². The second-order valence-corrected chi connectivity index (χ2v) is 7.19. The molecule has 3 rings (SSSR count). The number of esters is 1. The smallest absolute Gasteiger partial charge is 0.308 e. The van der Waals surface area contributed by atoms with E-state index < -0.39 is 24.4 Å². The van der Waals surface area contributed by atoms with Crippen molar-refractivity contribution in [3.8, 4) is 0 Å². The van der Waals surface area contributed by atoms with Gasteiger partial charge in [0.1, 0.15) is 0 Å². The third kappa shape index (κ3) is 6.70. The molecule has 0 bridgehead atoms. The SMILES string of the molecule is O=C(COC(=O)CCNC(=O)c1ccco1)Nc1ccccc1C(=O)NC1CCCC1. The standard InChI is InChI=1S/C22H25N3O6/c26-19(14-31-20(27)11-12-23-22(29)18-10-5-13-30-18)25-17-9-4-3-8-16(17)21(28)24-15-6-1-2-7-15/h3-5,8-10,13,15H,1-2,6-7,11-12,14H2,(H,23,29)(H,24,28)(H,25,26). The summed E-state index contributed by atoms with van der Waals surface area (Å²) in [4.78, 5) is 48.2. The van der Waals surface area contributed by atoms with E-state index in [0.29, 0.717) is 11.3 Å². The Morgan fingerprint density at radius 1 is 1.00 bits per heavy atom. The Kier molecular flexibility index (Phi) is 7.80. The molecule has 1 fully saturated rings. The summed E-state index contributed by atoms with van der Waals surface area (Å²) >= 11 is 0. The maximum atomic E-state index is 12.5. The fourth-order valence-corrected chi connectivity index (χ4v) is 3.30. The maximum absolute atomic E-state index is 12.5. The van der Waals surface area contributed by atoms with Crippen molar-refractivity contribution >= 4 is 29.4 Å². The Morgan fingerprint density at radius 2 is 1.77 bits per heavy atom. The summed E-state index contributed by atoms with van der Waals surface area (Å²) in [6.07, 6.45) is 5.39. The van der Waals surface area contributed by atoms with Gasteiger partial charge in [-0.2, -0.15) is 0 Å². The molecule has 1 aliphatic rings. The predicted molar refractivity (Wildman–Crippen MR) is 111 cm³/mol. The fraction of sp³-hybridized carbons (Fsp3) is 0.364. The number of anilines is 1. The number of hydrogen-bond donors (Lipinski definition) is 3. The molecule has 0 spiro atoms. The Hall–Kier alpha value is -3.62. The molecule has 1 saturated carbocycles. The van der Waals surface area contributed by atoms with Gasteiger partial charge in [0.15, 0.2) is 12.4 Å². The normalized spacial score (nSPS) is 13.4. The van der Waals surface area contributed by atoms with Crippen molar-refractivity contribution < 1.29 is 28.3 Å². The number of hydrogen-bond acceptors (Lipinski definition) is 6. The van der Waals surface area contributed by atoms with Crippen LogP contribution < -0.4 is 16.0 Å². The highest BCUT2D eigenvalue weighted by molar-refractivity contribution is 6.04. The van der Waals surface area contributed by atoms with Crippen LogP contribution in [-0.4, -0.2) is 42.9 Å². The summed E-state index contributed by atoms with van der Waals surface area (Å²) in [6, 6.07) is 9.92. The van der Waals surface area contributed by atoms with Crippen molar-refractivity contribution in [1.82, 2.24) is 10.6 Å². The zero-order valence-corrected chi connectivity index (χ0v) is 17.0. The van der Waals surface area contributed by atoms with Gasteiger partial charge in [0.25, 0.3) is 17.7 Å². The third-order valence-electron chi connectivity index (χ3n) is 4.86. The van der Waals surface area contributed by atoms with Crippen LogP contribution in [0.5, 0.6) is 0 Å². The molecule has 1 aromatic heterocycles. The van der Waals surface area contributed by atoms with E-state index >= 15 is 0 Å². The molecule has 0 saturated heterocycles. The molecule has 31 heavy (non-hydrogen) atoms. The minimum Gasteiger partial charge on any atom is -0.459 e. The first-order chi connectivity index (χ1) is 15.0. The van der Waals surface area contributed by atoms with Gasteiger partial charge in [-0.25, -0.2) is 0 Å². The summed E-state index contributed by atoms with van der Waals surface area (Å²) in [7, 11) is 0. The summed E-state index contributed by atoms with van der Waals surface area (Å²) in [5.41, 5.74) is 0.708. The molecule has 164 valence electrons. The van der Waals surface area contributed by atoms with Crippen molar-refractivity contribution in [3.63, 3.8) is 0 Å². The first kappa shape index (κ1) is 22.1. The zero-order valence-electron chi connectivity index (χ0n) is 17.0. The number of nitrogens with one attached hydrogen (secondary N) is 3. The van der Waals surface area contributed by atoms with E-state index in [2.05, 4.69) is 16.0 Å². The molecule has 0 aliphatic heterocycles. The fourth-order valence-electron chi connectivity index (χ4n) is 3.30. The van der Waals surface area contributed by atoms with Gasteiger partial charge < -0.3 is 25.1 Å². The van der Waals surface area contributed by atoms with Crippen LogP contribution in [0.15, 0.2) is 47.1 Å². The monoisotopic (exact) mass is 427 g/mol. The van der Waals surface area contributed by atoms with E-state index in [1.807, 2.05) is 0 Å². The Bertz CT molecular complexity index is 919. The lowest BCUT2D eigenvalue weighted by Gasteiger charge is -2.15. The van der Waals surface area contributed by atoms with Crippen LogP contribution in [0, 0.1) is 0 Å². The third-order valence-corrected chi connectivity index (χ3v) is 4.86. The van der Waals surface area contributed by atoms with Gasteiger partial charge >= 0.3 is 5.97 Å². The van der Waals surface area contributed by atoms with Gasteiger partial charge in [-0.15, -0.1) is 0 Å². The van der Waals surface area contributed by atoms with E-state index in [4.69, 9.17) is 9.15 Å². The van der Waals surface area contributed by atoms with E-state index in [0.717, 1.165) is 25.7 Å². The molecule has 3 N–H and O–H groups in total. The summed E-state index contributed by atoms with van der Waals surface area (Å²) in [6.45, 7) is -0.451. The molecule has 9 nitrogen and oxygen atoms in total. The minimum absolute atomic E-state index is 0.0458.